The minimum absolute atomic E-state index is 0.249. The Morgan fingerprint density at radius 2 is 1.57 bits per heavy atom. The second kappa shape index (κ2) is 5.39. The van der Waals surface area contributed by atoms with Crippen LogP contribution in [0.15, 0.2) is 64.0 Å². The summed E-state index contributed by atoms with van der Waals surface area (Å²) >= 11 is 3.35. The smallest absolute Gasteiger partial charge is 0.182 e. The number of sulfone groups is 1. The van der Waals surface area contributed by atoms with Crippen molar-refractivity contribution in [2.24, 2.45) is 5.92 Å². The number of hydrogen-bond donors (Lipinski definition) is 0. The van der Waals surface area contributed by atoms with E-state index in [1.807, 2.05) is 24.3 Å². The molecular weight excluding hydrogens is 352 g/mol. The Labute approximate surface area is 132 Å². The summed E-state index contributed by atoms with van der Waals surface area (Å²) in [6, 6.07) is 15.8. The second-order valence-corrected chi connectivity index (χ2v) is 8.13. The van der Waals surface area contributed by atoms with Crippen molar-refractivity contribution in [1.82, 2.24) is 0 Å². The summed E-state index contributed by atoms with van der Waals surface area (Å²) in [6.45, 7) is 0. The SMILES string of the molecule is O=C[C@H]1[C@@H](c2ccc(Br)cc2)[C@@H]1S(=O)(=O)c1ccccc1. The van der Waals surface area contributed by atoms with E-state index in [1.165, 1.54) is 0 Å². The van der Waals surface area contributed by atoms with E-state index in [0.29, 0.717) is 0 Å². The molecule has 0 amide bonds. The largest absolute Gasteiger partial charge is 0.303 e. The highest BCUT2D eigenvalue weighted by molar-refractivity contribution is 9.10. The number of carbonyl (C=O) groups excluding carboxylic acids is 1. The van der Waals surface area contributed by atoms with Gasteiger partial charge in [-0.05, 0) is 29.8 Å². The quantitative estimate of drug-likeness (QED) is 0.782. The molecule has 2 aromatic rings. The molecule has 0 saturated heterocycles. The van der Waals surface area contributed by atoms with Gasteiger partial charge in [-0.15, -0.1) is 0 Å². The minimum Gasteiger partial charge on any atom is -0.303 e. The van der Waals surface area contributed by atoms with Crippen molar-refractivity contribution < 1.29 is 13.2 Å². The Bertz CT molecular complexity index is 754. The van der Waals surface area contributed by atoms with Crippen LogP contribution >= 0.6 is 15.9 Å². The van der Waals surface area contributed by atoms with Crippen LogP contribution in [0.4, 0.5) is 0 Å². The summed E-state index contributed by atoms with van der Waals surface area (Å²) in [6.07, 6.45) is 0.762. The van der Waals surface area contributed by atoms with Gasteiger partial charge in [-0.1, -0.05) is 46.3 Å². The third-order valence-corrected chi connectivity index (χ3v) is 6.63. The molecule has 0 spiro atoms. The molecule has 0 radical (unpaired) electrons. The van der Waals surface area contributed by atoms with E-state index < -0.39 is 21.0 Å². The van der Waals surface area contributed by atoms with Crippen molar-refractivity contribution >= 4 is 32.1 Å². The third kappa shape index (κ3) is 2.56. The molecule has 1 aliphatic rings. The molecule has 0 bridgehead atoms. The van der Waals surface area contributed by atoms with Gasteiger partial charge in [0.15, 0.2) is 9.84 Å². The Balaban J connectivity index is 1.96. The standard InChI is InChI=1S/C16H13BrO3S/c17-12-8-6-11(7-9-12)15-14(10-18)16(15)21(19,20)13-4-2-1-3-5-13/h1-10,14-16H/t14-,15+,16+/m0/s1. The molecule has 1 saturated carbocycles. The first kappa shape index (κ1) is 14.5. The van der Waals surface area contributed by atoms with E-state index in [4.69, 9.17) is 0 Å². The Morgan fingerprint density at radius 3 is 2.14 bits per heavy atom. The summed E-state index contributed by atoms with van der Waals surface area (Å²) in [5.41, 5.74) is 0.889. The highest BCUT2D eigenvalue weighted by atomic mass is 79.9. The molecule has 2 aromatic carbocycles. The lowest BCUT2D eigenvalue weighted by Crippen LogP contribution is -2.10. The van der Waals surface area contributed by atoms with E-state index in [-0.39, 0.29) is 10.8 Å². The maximum absolute atomic E-state index is 12.6. The van der Waals surface area contributed by atoms with Gasteiger partial charge in [0.25, 0.3) is 0 Å². The fourth-order valence-corrected chi connectivity index (χ4v) is 5.13. The lowest BCUT2D eigenvalue weighted by atomic mass is 10.1. The van der Waals surface area contributed by atoms with Crippen molar-refractivity contribution in [3.63, 3.8) is 0 Å². The van der Waals surface area contributed by atoms with Crippen molar-refractivity contribution in [2.75, 3.05) is 0 Å². The molecule has 3 nitrogen and oxygen atoms in total. The Morgan fingerprint density at radius 1 is 0.952 bits per heavy atom. The van der Waals surface area contributed by atoms with Crippen LogP contribution in [-0.2, 0) is 14.6 Å². The summed E-state index contributed by atoms with van der Waals surface area (Å²) in [5, 5.41) is -0.654. The number of rotatable bonds is 4. The maximum Gasteiger partial charge on any atom is 0.182 e. The molecule has 21 heavy (non-hydrogen) atoms. The molecule has 1 aliphatic carbocycles. The van der Waals surface area contributed by atoms with E-state index in [2.05, 4.69) is 15.9 Å². The zero-order valence-corrected chi connectivity index (χ0v) is 13.4. The topological polar surface area (TPSA) is 51.2 Å². The Hall–Kier alpha value is -1.46. The van der Waals surface area contributed by atoms with Crippen LogP contribution in [0.2, 0.25) is 0 Å². The highest BCUT2D eigenvalue weighted by Crippen LogP contribution is 2.52. The van der Waals surface area contributed by atoms with Gasteiger partial charge in [-0.2, -0.15) is 0 Å². The van der Waals surface area contributed by atoms with Crippen LogP contribution in [0.1, 0.15) is 11.5 Å². The van der Waals surface area contributed by atoms with E-state index in [0.717, 1.165) is 16.3 Å². The van der Waals surface area contributed by atoms with Gasteiger partial charge in [0.1, 0.15) is 6.29 Å². The number of carbonyl (C=O) groups is 1. The van der Waals surface area contributed by atoms with E-state index >= 15 is 0 Å². The zero-order valence-electron chi connectivity index (χ0n) is 11.0. The van der Waals surface area contributed by atoms with Gasteiger partial charge in [0, 0.05) is 16.3 Å². The van der Waals surface area contributed by atoms with Crippen LogP contribution in [0, 0.1) is 5.92 Å². The third-order valence-electron chi connectivity index (χ3n) is 3.85. The zero-order chi connectivity index (χ0) is 15.0. The van der Waals surface area contributed by atoms with Crippen molar-refractivity contribution in [3.8, 4) is 0 Å². The molecule has 108 valence electrons. The summed E-state index contributed by atoms with van der Waals surface area (Å²) in [7, 11) is -3.48. The summed E-state index contributed by atoms with van der Waals surface area (Å²) in [5.74, 6) is -0.711. The predicted octanol–water partition coefficient (Wildman–Crippen LogP) is 3.20. The molecule has 3 rings (SSSR count). The van der Waals surface area contributed by atoms with Crippen LogP contribution in [-0.4, -0.2) is 20.0 Å². The normalized spacial score (nSPS) is 24.5. The first-order valence-electron chi connectivity index (χ1n) is 6.55. The van der Waals surface area contributed by atoms with Gasteiger partial charge in [-0.3, -0.25) is 0 Å². The van der Waals surface area contributed by atoms with Crippen LogP contribution in [0.3, 0.4) is 0 Å². The average molecular weight is 365 g/mol. The maximum atomic E-state index is 12.6. The van der Waals surface area contributed by atoms with Crippen LogP contribution in [0.25, 0.3) is 0 Å². The monoisotopic (exact) mass is 364 g/mol. The minimum atomic E-state index is -3.48. The number of hydrogen-bond acceptors (Lipinski definition) is 3. The predicted molar refractivity (Wildman–Crippen MR) is 83.9 cm³/mol. The van der Waals surface area contributed by atoms with Gasteiger partial charge in [0.2, 0.25) is 0 Å². The molecule has 0 heterocycles. The van der Waals surface area contributed by atoms with Gasteiger partial charge >= 0.3 is 0 Å². The molecule has 0 N–H and O–H groups in total. The van der Waals surface area contributed by atoms with Gasteiger partial charge < -0.3 is 4.79 Å². The first-order chi connectivity index (χ1) is 10.1. The van der Waals surface area contributed by atoms with Crippen LogP contribution in [0.5, 0.6) is 0 Å². The molecule has 0 aromatic heterocycles. The first-order valence-corrected chi connectivity index (χ1v) is 8.89. The second-order valence-electron chi connectivity index (χ2n) is 5.11. The van der Waals surface area contributed by atoms with Crippen molar-refractivity contribution in [1.29, 1.82) is 0 Å². The molecule has 1 fully saturated rings. The highest BCUT2D eigenvalue weighted by Gasteiger charge is 2.58. The van der Waals surface area contributed by atoms with E-state index in [1.54, 1.807) is 30.3 Å². The number of halogens is 1. The summed E-state index contributed by atoms with van der Waals surface area (Å²) < 4.78 is 26.2. The lowest BCUT2D eigenvalue weighted by molar-refractivity contribution is -0.108. The molecule has 3 atom stereocenters. The van der Waals surface area contributed by atoms with Crippen LogP contribution < -0.4 is 0 Å². The molecule has 0 aliphatic heterocycles. The molecule has 0 unspecified atom stereocenters. The lowest BCUT2D eigenvalue weighted by Gasteiger charge is -2.04. The van der Waals surface area contributed by atoms with Gasteiger partial charge in [0.05, 0.1) is 10.1 Å². The van der Waals surface area contributed by atoms with E-state index in [9.17, 15) is 13.2 Å². The fraction of sp³-hybridized carbons (Fsp3) is 0.188. The van der Waals surface area contributed by atoms with Crippen molar-refractivity contribution in [3.05, 3.63) is 64.6 Å². The fourth-order valence-electron chi connectivity index (χ4n) is 2.73. The number of aldehydes is 1. The summed E-state index contributed by atoms with van der Waals surface area (Å²) in [4.78, 5) is 11.5. The van der Waals surface area contributed by atoms with Crippen molar-refractivity contribution in [2.45, 2.75) is 16.1 Å². The average Bonchev–Trinajstić information content (AvgIpc) is 3.24. The number of benzene rings is 2. The molecule has 5 heteroatoms. The Kier molecular flexibility index (Phi) is 3.71. The van der Waals surface area contributed by atoms with Gasteiger partial charge in [-0.25, -0.2) is 8.42 Å². The molecular formula is C16H13BrO3S.